The van der Waals surface area contributed by atoms with Crippen molar-refractivity contribution in [2.24, 2.45) is 5.73 Å². The Morgan fingerprint density at radius 2 is 1.85 bits per heavy atom. The topological polar surface area (TPSA) is 38.0 Å². The van der Waals surface area contributed by atoms with Crippen molar-refractivity contribution < 1.29 is 0 Å². The fourth-order valence-electron chi connectivity index (χ4n) is 1.39. The van der Waals surface area contributed by atoms with Gasteiger partial charge in [-0.05, 0) is 23.9 Å². The lowest BCUT2D eigenvalue weighted by Crippen LogP contribution is -2.47. The van der Waals surface area contributed by atoms with Crippen molar-refractivity contribution in [1.82, 2.24) is 5.32 Å². The number of rotatable bonds is 1. The van der Waals surface area contributed by atoms with E-state index in [9.17, 15) is 0 Å². The van der Waals surface area contributed by atoms with Crippen LogP contribution in [0.4, 0.5) is 0 Å². The Labute approximate surface area is 77.8 Å². The van der Waals surface area contributed by atoms with Crippen LogP contribution in [-0.4, -0.2) is 0 Å². The zero-order valence-electron chi connectivity index (χ0n) is 7.27. The van der Waals surface area contributed by atoms with Crippen molar-refractivity contribution in [3.8, 4) is 0 Å². The molecule has 1 atom stereocenters. The summed E-state index contributed by atoms with van der Waals surface area (Å²) in [6.45, 7) is 0. The first kappa shape index (κ1) is 8.08. The van der Waals surface area contributed by atoms with Gasteiger partial charge in [0, 0.05) is 0 Å². The first-order chi connectivity index (χ1) is 6.31. The van der Waals surface area contributed by atoms with Crippen molar-refractivity contribution in [2.75, 3.05) is 0 Å². The summed E-state index contributed by atoms with van der Waals surface area (Å²) in [5.41, 5.74) is 6.65. The molecule has 1 unspecified atom stereocenters. The Bertz CT molecular complexity index is 340. The third kappa shape index (κ3) is 1.48. The molecule has 0 aliphatic carbocycles. The minimum atomic E-state index is -0.546. The van der Waals surface area contributed by atoms with Crippen molar-refractivity contribution in [3.63, 3.8) is 0 Å². The molecule has 1 aliphatic rings. The summed E-state index contributed by atoms with van der Waals surface area (Å²) in [7, 11) is 0. The second-order valence-corrected chi connectivity index (χ2v) is 3.10. The Hall–Kier alpha value is -1.54. The standard InChI is InChI=1S/C11H12N2/c12-11(8-4-5-9-13-11)10-6-2-1-3-7-10/h1-9,13H,12H2. The van der Waals surface area contributed by atoms with Crippen molar-refractivity contribution in [2.45, 2.75) is 5.66 Å². The molecule has 0 bridgehead atoms. The van der Waals surface area contributed by atoms with Crippen LogP contribution in [0.1, 0.15) is 5.56 Å². The van der Waals surface area contributed by atoms with Gasteiger partial charge in [0.05, 0.1) is 0 Å². The third-order valence-electron chi connectivity index (χ3n) is 2.14. The maximum atomic E-state index is 6.13. The lowest BCUT2D eigenvalue weighted by molar-refractivity contribution is 0.494. The van der Waals surface area contributed by atoms with Gasteiger partial charge in [-0.1, -0.05) is 36.4 Å². The van der Waals surface area contributed by atoms with Crippen molar-refractivity contribution in [1.29, 1.82) is 0 Å². The van der Waals surface area contributed by atoms with Gasteiger partial charge in [-0.2, -0.15) is 0 Å². The Balaban J connectivity index is 2.35. The third-order valence-corrected chi connectivity index (χ3v) is 2.14. The average Bonchev–Trinajstić information content (AvgIpc) is 2.20. The number of benzene rings is 1. The molecule has 0 radical (unpaired) electrons. The highest BCUT2D eigenvalue weighted by molar-refractivity contribution is 5.32. The number of hydrogen-bond acceptors (Lipinski definition) is 2. The molecule has 2 heteroatoms. The van der Waals surface area contributed by atoms with E-state index in [-0.39, 0.29) is 0 Å². The van der Waals surface area contributed by atoms with Gasteiger partial charge in [0.1, 0.15) is 5.66 Å². The highest BCUT2D eigenvalue weighted by Gasteiger charge is 2.22. The molecule has 0 saturated carbocycles. The minimum absolute atomic E-state index is 0.546. The molecular weight excluding hydrogens is 160 g/mol. The molecule has 66 valence electrons. The highest BCUT2D eigenvalue weighted by Crippen LogP contribution is 2.18. The molecule has 1 aromatic rings. The van der Waals surface area contributed by atoms with Crippen LogP contribution in [0.3, 0.4) is 0 Å². The van der Waals surface area contributed by atoms with E-state index in [4.69, 9.17) is 5.73 Å². The van der Waals surface area contributed by atoms with Crippen LogP contribution in [0.15, 0.2) is 54.8 Å². The van der Waals surface area contributed by atoms with Crippen LogP contribution in [-0.2, 0) is 5.66 Å². The molecule has 1 aromatic carbocycles. The summed E-state index contributed by atoms with van der Waals surface area (Å²) in [5, 5.41) is 3.12. The van der Waals surface area contributed by atoms with Gasteiger partial charge in [0.25, 0.3) is 0 Å². The van der Waals surface area contributed by atoms with Gasteiger partial charge in [-0.25, -0.2) is 0 Å². The first-order valence-corrected chi connectivity index (χ1v) is 4.28. The molecule has 2 nitrogen and oxygen atoms in total. The maximum Gasteiger partial charge on any atom is 0.131 e. The fraction of sp³-hybridized carbons (Fsp3) is 0.0909. The normalized spacial score (nSPS) is 25.6. The highest BCUT2D eigenvalue weighted by atomic mass is 15.1. The number of nitrogens with one attached hydrogen (secondary N) is 1. The minimum Gasteiger partial charge on any atom is -0.366 e. The van der Waals surface area contributed by atoms with E-state index in [1.165, 1.54) is 0 Å². The summed E-state index contributed by atoms with van der Waals surface area (Å²) in [5.74, 6) is 0. The van der Waals surface area contributed by atoms with Crippen molar-refractivity contribution in [3.05, 3.63) is 60.3 Å². The van der Waals surface area contributed by atoms with E-state index < -0.39 is 5.66 Å². The molecule has 0 aromatic heterocycles. The van der Waals surface area contributed by atoms with Gasteiger partial charge in [0.2, 0.25) is 0 Å². The summed E-state index contributed by atoms with van der Waals surface area (Å²) in [4.78, 5) is 0. The maximum absolute atomic E-state index is 6.13. The number of allylic oxidation sites excluding steroid dienone is 2. The summed E-state index contributed by atoms with van der Waals surface area (Å²) in [6, 6.07) is 9.97. The van der Waals surface area contributed by atoms with Gasteiger partial charge in [0.15, 0.2) is 0 Å². The largest absolute Gasteiger partial charge is 0.366 e. The zero-order valence-corrected chi connectivity index (χ0v) is 7.27. The van der Waals surface area contributed by atoms with E-state index in [1.807, 2.05) is 54.8 Å². The van der Waals surface area contributed by atoms with Gasteiger partial charge >= 0.3 is 0 Å². The lowest BCUT2D eigenvalue weighted by Gasteiger charge is -2.28. The van der Waals surface area contributed by atoms with Crippen LogP contribution in [0.5, 0.6) is 0 Å². The lowest BCUT2D eigenvalue weighted by atomic mass is 9.98. The molecular formula is C11H12N2. The second kappa shape index (κ2) is 3.07. The van der Waals surface area contributed by atoms with Crippen LogP contribution in [0.2, 0.25) is 0 Å². The Morgan fingerprint density at radius 1 is 1.08 bits per heavy atom. The van der Waals surface area contributed by atoms with E-state index >= 15 is 0 Å². The predicted molar refractivity (Wildman–Crippen MR) is 53.7 cm³/mol. The first-order valence-electron chi connectivity index (χ1n) is 4.28. The second-order valence-electron chi connectivity index (χ2n) is 3.10. The smallest absolute Gasteiger partial charge is 0.131 e. The number of hydrogen-bond donors (Lipinski definition) is 2. The van der Waals surface area contributed by atoms with Crippen LogP contribution in [0, 0.1) is 0 Å². The summed E-state index contributed by atoms with van der Waals surface area (Å²) >= 11 is 0. The summed E-state index contributed by atoms with van der Waals surface area (Å²) < 4.78 is 0. The van der Waals surface area contributed by atoms with E-state index in [0.717, 1.165) is 5.56 Å². The van der Waals surface area contributed by atoms with Crippen LogP contribution >= 0.6 is 0 Å². The molecule has 13 heavy (non-hydrogen) atoms. The molecule has 0 spiro atoms. The van der Waals surface area contributed by atoms with Gasteiger partial charge in [-0.3, -0.25) is 0 Å². The molecule has 1 heterocycles. The van der Waals surface area contributed by atoms with E-state index in [2.05, 4.69) is 5.32 Å². The quantitative estimate of drug-likeness (QED) is 0.673. The molecule has 0 saturated heterocycles. The predicted octanol–water partition coefficient (Wildman–Crippen LogP) is 1.47. The van der Waals surface area contributed by atoms with Crippen LogP contribution < -0.4 is 11.1 Å². The van der Waals surface area contributed by atoms with Gasteiger partial charge < -0.3 is 11.1 Å². The number of nitrogens with two attached hydrogens (primary N) is 1. The fourth-order valence-corrected chi connectivity index (χ4v) is 1.39. The number of dihydropyridines is 1. The molecule has 0 amide bonds. The molecule has 2 rings (SSSR count). The molecule has 0 fully saturated rings. The van der Waals surface area contributed by atoms with Crippen LogP contribution in [0.25, 0.3) is 0 Å². The SMILES string of the molecule is NC1(c2ccccc2)C=CC=CN1. The van der Waals surface area contributed by atoms with Crippen molar-refractivity contribution >= 4 is 0 Å². The zero-order chi connectivity index (χ0) is 9.15. The summed E-state index contributed by atoms with van der Waals surface area (Å²) in [6.07, 6.45) is 7.67. The average molecular weight is 172 g/mol. The Kier molecular flexibility index (Phi) is 1.91. The molecule has 3 N–H and O–H groups in total. The molecule has 1 aliphatic heterocycles. The monoisotopic (exact) mass is 172 g/mol. The van der Waals surface area contributed by atoms with Gasteiger partial charge in [-0.15, -0.1) is 0 Å². The van der Waals surface area contributed by atoms with E-state index in [1.54, 1.807) is 0 Å². The Morgan fingerprint density at radius 3 is 2.46 bits per heavy atom. The van der Waals surface area contributed by atoms with E-state index in [0.29, 0.717) is 0 Å².